The lowest BCUT2D eigenvalue weighted by atomic mass is 9.72. The molecule has 2 aliphatic rings. The van der Waals surface area contributed by atoms with Gasteiger partial charge in [0.25, 0.3) is 0 Å². The average molecular weight is 252 g/mol. The molecular formula is C13H20N2O3. The number of barbiturate groups is 1. The summed E-state index contributed by atoms with van der Waals surface area (Å²) in [6.45, 7) is 5.55. The summed E-state index contributed by atoms with van der Waals surface area (Å²) in [6.07, 6.45) is 3.52. The van der Waals surface area contributed by atoms with Gasteiger partial charge in [-0.3, -0.25) is 19.8 Å². The molecule has 1 aliphatic carbocycles. The first kappa shape index (κ1) is 13.1. The van der Waals surface area contributed by atoms with Gasteiger partial charge in [0.15, 0.2) is 0 Å². The minimum atomic E-state index is -1.06. The molecule has 0 bridgehead atoms. The Morgan fingerprint density at radius 1 is 1.17 bits per heavy atom. The van der Waals surface area contributed by atoms with Gasteiger partial charge in [-0.2, -0.15) is 0 Å². The van der Waals surface area contributed by atoms with Gasteiger partial charge >= 0.3 is 6.03 Å². The Bertz CT molecular complexity index is 408. The van der Waals surface area contributed by atoms with Crippen molar-refractivity contribution in [3.63, 3.8) is 0 Å². The van der Waals surface area contributed by atoms with E-state index in [1.807, 2.05) is 20.8 Å². The van der Waals surface area contributed by atoms with Crippen LogP contribution in [0.15, 0.2) is 0 Å². The van der Waals surface area contributed by atoms with E-state index in [1.165, 1.54) is 4.90 Å². The van der Waals surface area contributed by atoms with Crippen molar-refractivity contribution in [2.24, 2.45) is 5.41 Å². The lowest BCUT2D eigenvalue weighted by Gasteiger charge is -2.51. The second kappa shape index (κ2) is 4.07. The first-order valence-electron chi connectivity index (χ1n) is 6.61. The number of amides is 4. The number of urea groups is 1. The number of nitrogens with zero attached hydrogens (tertiary/aromatic N) is 1. The van der Waals surface area contributed by atoms with E-state index in [4.69, 9.17) is 0 Å². The van der Waals surface area contributed by atoms with Gasteiger partial charge < -0.3 is 0 Å². The van der Waals surface area contributed by atoms with Crippen LogP contribution in [0, 0.1) is 5.41 Å². The molecule has 18 heavy (non-hydrogen) atoms. The standard InChI is InChI=1S/C13H20N2O3/c1-4-13(5-2)9(16)14-11(18)15(10(13)17)12(3)7-6-8-12/h4-8H2,1-3H3,(H,14,16,18). The lowest BCUT2D eigenvalue weighted by molar-refractivity contribution is -0.158. The molecule has 2 fully saturated rings. The third-order valence-electron chi connectivity index (χ3n) is 4.65. The Hall–Kier alpha value is -1.39. The van der Waals surface area contributed by atoms with Gasteiger partial charge in [0.2, 0.25) is 11.8 Å². The fourth-order valence-electron chi connectivity index (χ4n) is 2.95. The van der Waals surface area contributed by atoms with Crippen LogP contribution < -0.4 is 5.32 Å². The van der Waals surface area contributed by atoms with Crippen LogP contribution in [0.5, 0.6) is 0 Å². The summed E-state index contributed by atoms with van der Waals surface area (Å²) in [6, 6.07) is -0.551. The molecule has 0 aromatic carbocycles. The third kappa shape index (κ3) is 1.49. The molecule has 100 valence electrons. The predicted molar refractivity (Wildman–Crippen MR) is 65.7 cm³/mol. The highest BCUT2D eigenvalue weighted by atomic mass is 16.2. The molecule has 1 aliphatic heterocycles. The molecule has 0 aromatic heterocycles. The molecule has 5 nitrogen and oxygen atoms in total. The smallest absolute Gasteiger partial charge is 0.277 e. The van der Waals surface area contributed by atoms with Crippen molar-refractivity contribution in [1.82, 2.24) is 10.2 Å². The van der Waals surface area contributed by atoms with Crippen molar-refractivity contribution >= 4 is 17.8 Å². The van der Waals surface area contributed by atoms with Crippen LogP contribution in [0.25, 0.3) is 0 Å². The highest BCUT2D eigenvalue weighted by Crippen LogP contribution is 2.42. The maximum Gasteiger partial charge on any atom is 0.331 e. The Morgan fingerprint density at radius 3 is 2.11 bits per heavy atom. The van der Waals surface area contributed by atoms with Gasteiger partial charge in [0.1, 0.15) is 5.41 Å². The van der Waals surface area contributed by atoms with Crippen molar-refractivity contribution in [2.75, 3.05) is 0 Å². The predicted octanol–water partition coefficient (Wildman–Crippen LogP) is 1.81. The van der Waals surface area contributed by atoms with Crippen molar-refractivity contribution < 1.29 is 14.4 Å². The van der Waals surface area contributed by atoms with Crippen molar-refractivity contribution in [3.05, 3.63) is 0 Å². The fraction of sp³-hybridized carbons (Fsp3) is 0.769. The third-order valence-corrected chi connectivity index (χ3v) is 4.65. The summed E-state index contributed by atoms with van der Waals surface area (Å²) in [7, 11) is 0. The van der Waals surface area contributed by atoms with E-state index in [9.17, 15) is 14.4 Å². The Morgan fingerprint density at radius 2 is 1.72 bits per heavy atom. The van der Waals surface area contributed by atoms with Gasteiger partial charge in [-0.15, -0.1) is 0 Å². The van der Waals surface area contributed by atoms with Crippen LogP contribution in [0.3, 0.4) is 0 Å². The molecule has 1 heterocycles. The largest absolute Gasteiger partial charge is 0.331 e. The molecule has 1 N–H and O–H groups in total. The van der Waals surface area contributed by atoms with Crippen LogP contribution in [0.4, 0.5) is 4.79 Å². The quantitative estimate of drug-likeness (QED) is 0.779. The minimum Gasteiger partial charge on any atom is -0.277 e. The summed E-state index contributed by atoms with van der Waals surface area (Å²) >= 11 is 0. The van der Waals surface area contributed by atoms with E-state index >= 15 is 0 Å². The number of carbonyl (C=O) groups is 3. The highest BCUT2D eigenvalue weighted by Gasteiger charge is 2.57. The lowest BCUT2D eigenvalue weighted by Crippen LogP contribution is -2.70. The molecule has 5 heteroatoms. The molecular weight excluding hydrogens is 232 g/mol. The number of hydrogen-bond donors (Lipinski definition) is 1. The van der Waals surface area contributed by atoms with Crippen LogP contribution in [-0.2, 0) is 9.59 Å². The van der Waals surface area contributed by atoms with E-state index in [0.29, 0.717) is 12.8 Å². The number of carbonyl (C=O) groups excluding carboxylic acids is 3. The number of nitrogens with one attached hydrogen (secondary N) is 1. The van der Waals surface area contributed by atoms with E-state index < -0.39 is 22.9 Å². The molecule has 0 atom stereocenters. The Kier molecular flexibility index (Phi) is 2.95. The second-order valence-corrected chi connectivity index (χ2v) is 5.54. The van der Waals surface area contributed by atoms with Crippen LogP contribution in [0.2, 0.25) is 0 Å². The van der Waals surface area contributed by atoms with Crippen molar-refractivity contribution in [2.45, 2.75) is 58.4 Å². The first-order chi connectivity index (χ1) is 8.41. The summed E-state index contributed by atoms with van der Waals surface area (Å²) < 4.78 is 0. The number of rotatable bonds is 3. The number of imide groups is 2. The van der Waals surface area contributed by atoms with E-state index in [-0.39, 0.29) is 5.91 Å². The summed E-state index contributed by atoms with van der Waals surface area (Å²) in [5, 5.41) is 2.35. The van der Waals surface area contributed by atoms with E-state index in [0.717, 1.165) is 19.3 Å². The van der Waals surface area contributed by atoms with Gasteiger partial charge in [0.05, 0.1) is 0 Å². The van der Waals surface area contributed by atoms with Crippen molar-refractivity contribution in [1.29, 1.82) is 0 Å². The summed E-state index contributed by atoms with van der Waals surface area (Å²) in [5.74, 6) is -0.759. The monoisotopic (exact) mass is 252 g/mol. The minimum absolute atomic E-state index is 0.316. The second-order valence-electron chi connectivity index (χ2n) is 5.54. The molecule has 2 rings (SSSR count). The van der Waals surface area contributed by atoms with Crippen LogP contribution >= 0.6 is 0 Å². The Labute approximate surface area is 107 Å². The van der Waals surface area contributed by atoms with Gasteiger partial charge in [0, 0.05) is 5.54 Å². The molecule has 0 aromatic rings. The normalized spacial score (nSPS) is 25.7. The van der Waals surface area contributed by atoms with Crippen LogP contribution in [0.1, 0.15) is 52.9 Å². The maximum absolute atomic E-state index is 12.6. The van der Waals surface area contributed by atoms with Crippen molar-refractivity contribution in [3.8, 4) is 0 Å². The fourth-order valence-corrected chi connectivity index (χ4v) is 2.95. The van der Waals surface area contributed by atoms with Gasteiger partial charge in [-0.1, -0.05) is 13.8 Å². The van der Waals surface area contributed by atoms with Gasteiger partial charge in [-0.05, 0) is 39.0 Å². The van der Waals surface area contributed by atoms with E-state index in [1.54, 1.807) is 0 Å². The summed E-state index contributed by atoms with van der Waals surface area (Å²) in [4.78, 5) is 37.9. The molecule has 0 unspecified atom stereocenters. The molecule has 0 spiro atoms. The molecule has 1 saturated heterocycles. The highest BCUT2D eigenvalue weighted by molar-refractivity contribution is 6.19. The molecule has 0 radical (unpaired) electrons. The average Bonchev–Trinajstić information content (AvgIpc) is 2.28. The first-order valence-corrected chi connectivity index (χ1v) is 6.61. The number of hydrogen-bond acceptors (Lipinski definition) is 3. The van der Waals surface area contributed by atoms with E-state index in [2.05, 4.69) is 5.32 Å². The van der Waals surface area contributed by atoms with Crippen LogP contribution in [-0.4, -0.2) is 28.3 Å². The molecule has 4 amide bonds. The molecule has 1 saturated carbocycles. The zero-order valence-corrected chi connectivity index (χ0v) is 11.2. The zero-order chi connectivity index (χ0) is 13.6. The Balaban J connectivity index is 2.40. The summed E-state index contributed by atoms with van der Waals surface area (Å²) in [5.41, 5.74) is -1.47. The maximum atomic E-state index is 12.6. The SMILES string of the molecule is CCC1(CC)C(=O)NC(=O)N(C2(C)CCC2)C1=O. The zero-order valence-electron chi connectivity index (χ0n) is 11.2. The topological polar surface area (TPSA) is 66.5 Å². The van der Waals surface area contributed by atoms with Gasteiger partial charge in [-0.25, -0.2) is 4.79 Å².